The van der Waals surface area contributed by atoms with Gasteiger partial charge in [-0.1, -0.05) is 23.7 Å². The van der Waals surface area contributed by atoms with Crippen molar-refractivity contribution in [3.63, 3.8) is 0 Å². The fraction of sp³-hybridized carbons (Fsp3) is 0.364. The van der Waals surface area contributed by atoms with Crippen molar-refractivity contribution in [2.24, 2.45) is 0 Å². The van der Waals surface area contributed by atoms with Crippen molar-refractivity contribution in [1.29, 1.82) is 0 Å². The fourth-order valence-electron chi connectivity index (χ4n) is 3.75. The molecular formula is C22H24ClN3OS. The molecule has 0 radical (unpaired) electrons. The molecule has 1 amide bonds. The monoisotopic (exact) mass is 413 g/mol. The molecule has 0 bridgehead atoms. The maximum absolute atomic E-state index is 12.2. The van der Waals surface area contributed by atoms with Crippen LogP contribution in [0.2, 0.25) is 5.02 Å². The first-order chi connectivity index (χ1) is 13.5. The fourth-order valence-corrected chi connectivity index (χ4v) is 5.03. The van der Waals surface area contributed by atoms with Crippen molar-refractivity contribution >= 4 is 39.1 Å². The highest BCUT2D eigenvalue weighted by Crippen LogP contribution is 2.35. The third kappa shape index (κ3) is 4.22. The number of hydrogen-bond acceptors (Lipinski definition) is 4. The lowest BCUT2D eigenvalue weighted by molar-refractivity contribution is 0.0827. The van der Waals surface area contributed by atoms with Crippen molar-refractivity contribution < 1.29 is 4.79 Å². The van der Waals surface area contributed by atoms with E-state index in [2.05, 4.69) is 17.0 Å². The van der Waals surface area contributed by atoms with E-state index < -0.39 is 0 Å². The zero-order chi connectivity index (χ0) is 19.7. The largest absolute Gasteiger partial charge is 0.345 e. The van der Waals surface area contributed by atoms with Gasteiger partial charge in [-0.15, -0.1) is 11.3 Å². The summed E-state index contributed by atoms with van der Waals surface area (Å²) in [7, 11) is 3.57. The molecule has 0 atom stereocenters. The van der Waals surface area contributed by atoms with E-state index in [1.54, 1.807) is 30.3 Å². The van der Waals surface area contributed by atoms with Gasteiger partial charge in [0.1, 0.15) is 0 Å². The standard InChI is InChI=1S/C22H24ClN3OS/c1-25(2)22(27)17-5-3-4-15(12-17)14-26-10-8-16(9-11-26)21-24-19-13-18(23)6-7-20(19)28-21/h3-7,12-13,16H,8-11,14H2,1-2H3. The van der Waals surface area contributed by atoms with Gasteiger partial charge in [-0.3, -0.25) is 9.69 Å². The molecule has 0 saturated carbocycles. The number of fused-ring (bicyclic) bond motifs is 1. The molecule has 2 heterocycles. The van der Waals surface area contributed by atoms with Crippen LogP contribution in [-0.2, 0) is 6.54 Å². The quantitative estimate of drug-likeness (QED) is 0.601. The first-order valence-corrected chi connectivity index (χ1v) is 10.8. The lowest BCUT2D eigenvalue weighted by atomic mass is 9.97. The van der Waals surface area contributed by atoms with E-state index in [0.717, 1.165) is 48.6 Å². The van der Waals surface area contributed by atoms with Crippen LogP contribution in [-0.4, -0.2) is 47.9 Å². The summed E-state index contributed by atoms with van der Waals surface area (Å²) in [6, 6.07) is 13.9. The Morgan fingerprint density at radius 2 is 2.00 bits per heavy atom. The second-order valence-electron chi connectivity index (χ2n) is 7.61. The molecular weight excluding hydrogens is 390 g/mol. The van der Waals surface area contributed by atoms with Crippen molar-refractivity contribution in [2.45, 2.75) is 25.3 Å². The second-order valence-corrected chi connectivity index (χ2v) is 9.11. The summed E-state index contributed by atoms with van der Waals surface area (Å²) >= 11 is 7.89. The normalized spacial score (nSPS) is 15.8. The predicted octanol–water partition coefficient (Wildman–Crippen LogP) is 5.03. The van der Waals surface area contributed by atoms with Gasteiger partial charge in [-0.2, -0.15) is 0 Å². The van der Waals surface area contributed by atoms with Crippen LogP contribution in [0.3, 0.4) is 0 Å². The molecule has 0 unspecified atom stereocenters. The van der Waals surface area contributed by atoms with Gasteiger partial charge in [0.2, 0.25) is 0 Å². The Morgan fingerprint density at radius 1 is 1.21 bits per heavy atom. The number of aromatic nitrogens is 1. The minimum absolute atomic E-state index is 0.0523. The predicted molar refractivity (Wildman–Crippen MR) is 116 cm³/mol. The summed E-state index contributed by atoms with van der Waals surface area (Å²) in [5.41, 5.74) is 2.96. The molecule has 1 aliphatic rings. The molecule has 1 aliphatic heterocycles. The van der Waals surface area contributed by atoms with Crippen molar-refractivity contribution in [3.8, 4) is 0 Å². The summed E-state index contributed by atoms with van der Waals surface area (Å²) in [5, 5.41) is 1.98. The Morgan fingerprint density at radius 3 is 2.75 bits per heavy atom. The average molecular weight is 414 g/mol. The van der Waals surface area contributed by atoms with Crippen LogP contribution < -0.4 is 0 Å². The molecule has 0 aliphatic carbocycles. The number of likely N-dealkylation sites (tertiary alicyclic amines) is 1. The third-order valence-corrected chi connectivity index (χ3v) is 6.72. The van der Waals surface area contributed by atoms with Crippen LogP contribution in [0.1, 0.15) is 39.7 Å². The summed E-state index contributed by atoms with van der Waals surface area (Å²) in [6.45, 7) is 2.98. The van der Waals surface area contributed by atoms with E-state index in [0.29, 0.717) is 5.92 Å². The minimum atomic E-state index is 0.0523. The molecule has 4 nitrogen and oxygen atoms in total. The van der Waals surface area contributed by atoms with Gasteiger partial charge < -0.3 is 4.90 Å². The number of hydrogen-bond donors (Lipinski definition) is 0. The van der Waals surface area contributed by atoms with Crippen LogP contribution >= 0.6 is 22.9 Å². The van der Waals surface area contributed by atoms with Crippen LogP contribution in [0.15, 0.2) is 42.5 Å². The van der Waals surface area contributed by atoms with E-state index in [1.807, 2.05) is 30.3 Å². The summed E-state index contributed by atoms with van der Waals surface area (Å²) < 4.78 is 1.21. The van der Waals surface area contributed by atoms with Crippen LogP contribution in [0.25, 0.3) is 10.2 Å². The van der Waals surface area contributed by atoms with Crippen LogP contribution in [0, 0.1) is 0 Å². The van der Waals surface area contributed by atoms with Gasteiger partial charge in [0, 0.05) is 37.1 Å². The van der Waals surface area contributed by atoms with Gasteiger partial charge >= 0.3 is 0 Å². The maximum Gasteiger partial charge on any atom is 0.253 e. The minimum Gasteiger partial charge on any atom is -0.345 e. The molecule has 1 fully saturated rings. The molecule has 1 aromatic heterocycles. The first kappa shape index (κ1) is 19.4. The van der Waals surface area contributed by atoms with Gasteiger partial charge in [-0.05, 0) is 61.8 Å². The molecule has 4 rings (SSSR count). The zero-order valence-electron chi connectivity index (χ0n) is 16.2. The number of carbonyl (C=O) groups excluding carboxylic acids is 1. The zero-order valence-corrected chi connectivity index (χ0v) is 17.8. The lowest BCUT2D eigenvalue weighted by Gasteiger charge is -2.31. The number of piperidine rings is 1. The van der Waals surface area contributed by atoms with Gasteiger partial charge in [0.25, 0.3) is 5.91 Å². The molecule has 3 aromatic rings. The van der Waals surface area contributed by atoms with Crippen molar-refractivity contribution in [1.82, 2.24) is 14.8 Å². The van der Waals surface area contributed by atoms with Crippen molar-refractivity contribution in [2.75, 3.05) is 27.2 Å². The van der Waals surface area contributed by atoms with Gasteiger partial charge in [0.15, 0.2) is 0 Å². The topological polar surface area (TPSA) is 36.4 Å². The third-order valence-electron chi connectivity index (χ3n) is 5.29. The summed E-state index contributed by atoms with van der Waals surface area (Å²) in [6.07, 6.45) is 2.23. The molecule has 28 heavy (non-hydrogen) atoms. The highest BCUT2D eigenvalue weighted by atomic mass is 35.5. The van der Waals surface area contributed by atoms with Crippen molar-refractivity contribution in [3.05, 3.63) is 63.6 Å². The van der Waals surface area contributed by atoms with Crippen LogP contribution in [0.4, 0.5) is 0 Å². The van der Waals surface area contributed by atoms with E-state index in [4.69, 9.17) is 16.6 Å². The Kier molecular flexibility index (Phi) is 5.67. The smallest absolute Gasteiger partial charge is 0.253 e. The first-order valence-electron chi connectivity index (χ1n) is 9.58. The van der Waals surface area contributed by atoms with E-state index in [9.17, 15) is 4.79 Å². The molecule has 6 heteroatoms. The van der Waals surface area contributed by atoms with E-state index >= 15 is 0 Å². The number of nitrogens with zero attached hydrogens (tertiary/aromatic N) is 3. The number of benzene rings is 2. The molecule has 0 N–H and O–H groups in total. The molecule has 146 valence electrons. The Bertz CT molecular complexity index is 992. The molecule has 1 saturated heterocycles. The maximum atomic E-state index is 12.2. The number of thiazole rings is 1. The Hall–Kier alpha value is -1.95. The highest BCUT2D eigenvalue weighted by Gasteiger charge is 2.23. The summed E-state index contributed by atoms with van der Waals surface area (Å²) in [5.74, 6) is 0.575. The number of halogens is 1. The van der Waals surface area contributed by atoms with Gasteiger partial charge in [-0.25, -0.2) is 4.98 Å². The molecule has 2 aromatic carbocycles. The number of rotatable bonds is 4. The second kappa shape index (κ2) is 8.19. The summed E-state index contributed by atoms with van der Waals surface area (Å²) in [4.78, 5) is 21.1. The number of amides is 1. The average Bonchev–Trinajstić information content (AvgIpc) is 3.11. The highest BCUT2D eigenvalue weighted by molar-refractivity contribution is 7.18. The molecule has 0 spiro atoms. The SMILES string of the molecule is CN(C)C(=O)c1cccc(CN2CCC(c3nc4cc(Cl)ccc4s3)CC2)c1. The Balaban J connectivity index is 1.39. The van der Waals surface area contributed by atoms with E-state index in [-0.39, 0.29) is 5.91 Å². The Labute approximate surface area is 174 Å². The van der Waals surface area contributed by atoms with Gasteiger partial charge in [0.05, 0.1) is 15.2 Å². The lowest BCUT2D eigenvalue weighted by Crippen LogP contribution is -2.32. The number of carbonyl (C=O) groups is 1. The van der Waals surface area contributed by atoms with Crippen LogP contribution in [0.5, 0.6) is 0 Å². The van der Waals surface area contributed by atoms with E-state index in [1.165, 1.54) is 15.3 Å².